The molecule has 164 valence electrons. The molecule has 1 aromatic carbocycles. The van der Waals surface area contributed by atoms with Gasteiger partial charge in [0.1, 0.15) is 18.6 Å². The lowest BCUT2D eigenvalue weighted by atomic mass is 9.99. The van der Waals surface area contributed by atoms with Crippen LogP contribution < -0.4 is 4.74 Å². The normalized spacial score (nSPS) is 16.6. The van der Waals surface area contributed by atoms with Crippen molar-refractivity contribution in [1.82, 2.24) is 24.7 Å². The van der Waals surface area contributed by atoms with Crippen LogP contribution in [0.5, 0.6) is 5.75 Å². The number of rotatable bonds is 9. The molecule has 0 bridgehead atoms. The molecule has 8 heteroatoms. The van der Waals surface area contributed by atoms with Crippen molar-refractivity contribution in [3.63, 3.8) is 0 Å². The number of hydrogen-bond acceptors (Lipinski definition) is 6. The van der Waals surface area contributed by atoms with Gasteiger partial charge in [0, 0.05) is 50.6 Å². The van der Waals surface area contributed by atoms with Gasteiger partial charge in [-0.05, 0) is 43.7 Å². The lowest BCUT2D eigenvalue weighted by molar-refractivity contribution is -0.134. The van der Waals surface area contributed by atoms with Crippen LogP contribution in [-0.2, 0) is 24.4 Å². The maximum absolute atomic E-state index is 12.5. The molecule has 31 heavy (non-hydrogen) atoms. The zero-order valence-electron chi connectivity index (χ0n) is 17.9. The SMILES string of the molecule is CN(Cc1ccc(OC[C@@H]2CCCN(C(=O)Cn3cccn3)C2)cc1)Cc1ccon1. The Morgan fingerprint density at radius 3 is 2.87 bits per heavy atom. The van der Waals surface area contributed by atoms with E-state index in [4.69, 9.17) is 9.26 Å². The van der Waals surface area contributed by atoms with Crippen LogP contribution in [0.4, 0.5) is 0 Å². The first kappa shape index (κ1) is 21.1. The van der Waals surface area contributed by atoms with E-state index in [0.29, 0.717) is 19.1 Å². The monoisotopic (exact) mass is 423 g/mol. The van der Waals surface area contributed by atoms with Gasteiger partial charge in [-0.3, -0.25) is 14.4 Å². The molecular formula is C23H29N5O3. The van der Waals surface area contributed by atoms with E-state index in [-0.39, 0.29) is 5.91 Å². The molecule has 1 saturated heterocycles. The van der Waals surface area contributed by atoms with Gasteiger partial charge >= 0.3 is 0 Å². The minimum Gasteiger partial charge on any atom is -0.493 e. The predicted molar refractivity (Wildman–Crippen MR) is 115 cm³/mol. The van der Waals surface area contributed by atoms with Crippen LogP contribution in [0.25, 0.3) is 0 Å². The molecule has 0 spiro atoms. The number of piperidine rings is 1. The fourth-order valence-electron chi connectivity index (χ4n) is 3.93. The number of aromatic nitrogens is 3. The summed E-state index contributed by atoms with van der Waals surface area (Å²) in [6, 6.07) is 11.9. The Morgan fingerprint density at radius 2 is 2.13 bits per heavy atom. The standard InChI is InChI=1S/C23H29N5O3/c1-26(16-21-9-13-31-25-21)14-19-5-7-22(8-6-19)30-18-20-4-2-11-27(15-20)23(29)17-28-12-3-10-24-28/h3,5-10,12-13,20H,2,4,11,14-18H2,1H3/t20-/m1/s1. The second-order valence-electron chi connectivity index (χ2n) is 8.17. The Morgan fingerprint density at radius 1 is 1.26 bits per heavy atom. The Balaban J connectivity index is 1.21. The number of hydrogen-bond donors (Lipinski definition) is 0. The number of likely N-dealkylation sites (tertiary alicyclic amines) is 1. The second-order valence-corrected chi connectivity index (χ2v) is 8.17. The molecule has 3 aromatic rings. The van der Waals surface area contributed by atoms with E-state index in [9.17, 15) is 4.79 Å². The maximum Gasteiger partial charge on any atom is 0.244 e. The van der Waals surface area contributed by atoms with Gasteiger partial charge in [-0.25, -0.2) is 0 Å². The third-order valence-electron chi connectivity index (χ3n) is 5.51. The van der Waals surface area contributed by atoms with Gasteiger partial charge in [0.2, 0.25) is 5.91 Å². The van der Waals surface area contributed by atoms with Crippen molar-refractivity contribution in [1.29, 1.82) is 0 Å². The molecule has 0 saturated carbocycles. The number of nitrogens with zero attached hydrogens (tertiary/aromatic N) is 5. The lowest BCUT2D eigenvalue weighted by Gasteiger charge is -2.32. The third-order valence-corrected chi connectivity index (χ3v) is 5.51. The Labute approximate surface area is 182 Å². The van der Waals surface area contributed by atoms with Gasteiger partial charge in [0.05, 0.1) is 12.3 Å². The minimum absolute atomic E-state index is 0.118. The first-order chi connectivity index (χ1) is 15.2. The molecule has 1 aliphatic heterocycles. The van der Waals surface area contributed by atoms with E-state index < -0.39 is 0 Å². The number of benzene rings is 1. The van der Waals surface area contributed by atoms with Gasteiger partial charge in [-0.2, -0.15) is 5.10 Å². The van der Waals surface area contributed by atoms with Crippen molar-refractivity contribution in [2.75, 3.05) is 26.7 Å². The van der Waals surface area contributed by atoms with Crippen LogP contribution in [0.2, 0.25) is 0 Å². The second kappa shape index (κ2) is 10.3. The quantitative estimate of drug-likeness (QED) is 0.527. The fourth-order valence-corrected chi connectivity index (χ4v) is 3.93. The third kappa shape index (κ3) is 6.18. The highest BCUT2D eigenvalue weighted by Gasteiger charge is 2.24. The first-order valence-corrected chi connectivity index (χ1v) is 10.7. The van der Waals surface area contributed by atoms with Crippen LogP contribution in [0.1, 0.15) is 24.1 Å². The average Bonchev–Trinajstić information content (AvgIpc) is 3.48. The maximum atomic E-state index is 12.5. The summed E-state index contributed by atoms with van der Waals surface area (Å²) in [5.41, 5.74) is 2.14. The summed E-state index contributed by atoms with van der Waals surface area (Å²) < 4.78 is 12.6. The van der Waals surface area contributed by atoms with Crippen molar-refractivity contribution in [2.24, 2.45) is 5.92 Å². The highest BCUT2D eigenvalue weighted by molar-refractivity contribution is 5.76. The molecule has 0 N–H and O–H groups in total. The summed E-state index contributed by atoms with van der Waals surface area (Å²) in [5, 5.41) is 8.07. The Hall–Kier alpha value is -3.13. The molecule has 1 amide bonds. The smallest absolute Gasteiger partial charge is 0.244 e. The average molecular weight is 424 g/mol. The summed E-state index contributed by atoms with van der Waals surface area (Å²) in [7, 11) is 2.06. The topological polar surface area (TPSA) is 76.6 Å². The summed E-state index contributed by atoms with van der Waals surface area (Å²) in [4.78, 5) is 16.6. The van der Waals surface area contributed by atoms with E-state index >= 15 is 0 Å². The molecule has 0 unspecified atom stereocenters. The van der Waals surface area contributed by atoms with Crippen molar-refractivity contribution in [3.05, 3.63) is 66.3 Å². The highest BCUT2D eigenvalue weighted by atomic mass is 16.5. The van der Waals surface area contributed by atoms with Crippen molar-refractivity contribution >= 4 is 5.91 Å². The van der Waals surface area contributed by atoms with Gasteiger partial charge in [-0.15, -0.1) is 0 Å². The number of amides is 1. The molecule has 4 rings (SSSR count). The molecule has 0 radical (unpaired) electrons. The van der Waals surface area contributed by atoms with E-state index in [1.54, 1.807) is 17.1 Å². The summed E-state index contributed by atoms with van der Waals surface area (Å²) >= 11 is 0. The van der Waals surface area contributed by atoms with E-state index in [1.807, 2.05) is 35.4 Å². The summed E-state index contributed by atoms with van der Waals surface area (Å²) in [6.45, 7) is 4.04. The van der Waals surface area contributed by atoms with Crippen LogP contribution in [-0.4, -0.2) is 57.4 Å². The predicted octanol–water partition coefficient (Wildman–Crippen LogP) is 2.82. The number of ether oxygens (including phenoxy) is 1. The molecule has 2 aromatic heterocycles. The molecule has 0 aliphatic carbocycles. The fraction of sp³-hybridized carbons (Fsp3) is 0.435. The van der Waals surface area contributed by atoms with Crippen molar-refractivity contribution in [3.8, 4) is 5.75 Å². The molecule has 8 nitrogen and oxygen atoms in total. The number of carbonyl (C=O) groups is 1. The summed E-state index contributed by atoms with van der Waals surface area (Å²) in [5.74, 6) is 1.33. The molecule has 1 atom stereocenters. The van der Waals surface area contributed by atoms with Crippen molar-refractivity contribution < 1.29 is 14.1 Å². The van der Waals surface area contributed by atoms with Crippen LogP contribution in [0.3, 0.4) is 0 Å². The van der Waals surface area contributed by atoms with Crippen LogP contribution >= 0.6 is 0 Å². The summed E-state index contributed by atoms with van der Waals surface area (Å²) in [6.07, 6.45) is 7.20. The highest BCUT2D eigenvalue weighted by Crippen LogP contribution is 2.20. The van der Waals surface area contributed by atoms with Gasteiger partial charge in [0.15, 0.2) is 0 Å². The van der Waals surface area contributed by atoms with Gasteiger partial charge < -0.3 is 14.2 Å². The van der Waals surface area contributed by atoms with E-state index in [1.165, 1.54) is 5.56 Å². The van der Waals surface area contributed by atoms with E-state index in [2.05, 4.69) is 34.3 Å². The molecular weight excluding hydrogens is 394 g/mol. The Bertz CT molecular complexity index is 925. The van der Waals surface area contributed by atoms with Crippen LogP contribution in [0.15, 0.2) is 59.6 Å². The zero-order chi connectivity index (χ0) is 21.5. The Kier molecular flexibility index (Phi) is 6.99. The largest absolute Gasteiger partial charge is 0.493 e. The number of carbonyl (C=O) groups excluding carboxylic acids is 1. The van der Waals surface area contributed by atoms with E-state index in [0.717, 1.165) is 50.5 Å². The van der Waals surface area contributed by atoms with Crippen molar-refractivity contribution in [2.45, 2.75) is 32.5 Å². The molecule has 1 aliphatic rings. The minimum atomic E-state index is 0.118. The molecule has 3 heterocycles. The zero-order valence-corrected chi connectivity index (χ0v) is 17.9. The molecule has 1 fully saturated rings. The first-order valence-electron chi connectivity index (χ1n) is 10.7. The van der Waals surface area contributed by atoms with Gasteiger partial charge in [0.25, 0.3) is 0 Å². The lowest BCUT2D eigenvalue weighted by Crippen LogP contribution is -2.43. The van der Waals surface area contributed by atoms with Crippen LogP contribution in [0, 0.1) is 5.92 Å². The van der Waals surface area contributed by atoms with Gasteiger partial charge in [-0.1, -0.05) is 17.3 Å².